The lowest BCUT2D eigenvalue weighted by Crippen LogP contribution is -2.28. The largest absolute Gasteiger partial charge is 0.499 e. The lowest BCUT2D eigenvalue weighted by atomic mass is 9.89. The number of anilines is 1. The summed E-state index contributed by atoms with van der Waals surface area (Å²) < 4.78 is 5.41. The summed E-state index contributed by atoms with van der Waals surface area (Å²) >= 11 is 1.15. The predicted octanol–water partition coefficient (Wildman–Crippen LogP) is 0.775. The molecule has 0 unspecified atom stereocenters. The second-order valence-electron chi connectivity index (χ2n) is 4.24. The Kier molecular flexibility index (Phi) is 3.95. The van der Waals surface area contributed by atoms with Crippen molar-refractivity contribution in [3.8, 4) is 0 Å². The molecule has 0 aliphatic carbocycles. The molecular weight excluding hydrogens is 229 g/mol. The fraction of sp³-hybridized carbons (Fsp3) is 0.444. The maximum absolute atomic E-state index is 11.4. The van der Waals surface area contributed by atoms with Gasteiger partial charge in [0.15, 0.2) is 0 Å². The second-order valence-corrected chi connectivity index (χ2v) is 5.18. The Labute approximate surface area is 98.2 Å². The van der Waals surface area contributed by atoms with Crippen molar-refractivity contribution in [3.63, 3.8) is 0 Å². The van der Waals surface area contributed by atoms with E-state index in [2.05, 4.69) is 5.32 Å². The third kappa shape index (κ3) is 4.22. The van der Waals surface area contributed by atoms with E-state index in [1.54, 1.807) is 26.2 Å². The van der Waals surface area contributed by atoms with Crippen LogP contribution in [0.5, 0.6) is 0 Å². The lowest BCUT2D eigenvalue weighted by Gasteiger charge is -2.19. The summed E-state index contributed by atoms with van der Waals surface area (Å²) in [5, 5.41) is 21.9. The van der Waals surface area contributed by atoms with Crippen LogP contribution in [0.1, 0.15) is 20.8 Å². The molecule has 0 bridgehead atoms. The van der Waals surface area contributed by atoms with E-state index in [0.717, 1.165) is 11.3 Å². The van der Waals surface area contributed by atoms with Crippen LogP contribution in [0.25, 0.3) is 0 Å². The van der Waals surface area contributed by atoms with Gasteiger partial charge in [0.2, 0.25) is 0 Å². The summed E-state index contributed by atoms with van der Waals surface area (Å²) in [5.74, 6) is 0. The van der Waals surface area contributed by atoms with Crippen molar-refractivity contribution < 1.29 is 19.6 Å². The summed E-state index contributed by atoms with van der Waals surface area (Å²) in [6.45, 7) is 5.30. The van der Waals surface area contributed by atoms with Gasteiger partial charge >= 0.3 is 13.2 Å². The normalized spacial score (nSPS) is 11.1. The number of hydrogen-bond donors (Lipinski definition) is 3. The van der Waals surface area contributed by atoms with Crippen molar-refractivity contribution in [2.45, 2.75) is 26.4 Å². The quantitative estimate of drug-likeness (QED) is 0.670. The van der Waals surface area contributed by atoms with Gasteiger partial charge in [0, 0.05) is 10.2 Å². The number of amides is 1. The molecule has 5 nitrogen and oxygen atoms in total. The topological polar surface area (TPSA) is 78.8 Å². The maximum atomic E-state index is 11.4. The molecule has 0 aliphatic rings. The minimum absolute atomic E-state index is 0.367. The van der Waals surface area contributed by atoms with Crippen molar-refractivity contribution in [1.82, 2.24) is 0 Å². The molecule has 0 saturated carbocycles. The standard InChI is InChI=1S/C9H14BNO4S/c1-9(2,3)15-8(12)11-6-4-7(10(13)14)16-5-6/h4-5,13-14H,1-3H3,(H,11,12). The number of nitrogens with one attached hydrogen (secondary N) is 1. The molecule has 16 heavy (non-hydrogen) atoms. The highest BCUT2D eigenvalue weighted by Gasteiger charge is 2.18. The molecule has 88 valence electrons. The third-order valence-electron chi connectivity index (χ3n) is 1.52. The van der Waals surface area contributed by atoms with Crippen LogP contribution >= 0.6 is 11.3 Å². The van der Waals surface area contributed by atoms with Crippen LogP contribution in [-0.2, 0) is 4.74 Å². The molecule has 1 amide bonds. The van der Waals surface area contributed by atoms with Crippen molar-refractivity contribution in [1.29, 1.82) is 0 Å². The summed E-state index contributed by atoms with van der Waals surface area (Å²) in [6.07, 6.45) is -0.565. The SMILES string of the molecule is CC(C)(C)OC(=O)Nc1csc(B(O)O)c1. The molecule has 1 aromatic heterocycles. The first kappa shape index (κ1) is 13.0. The van der Waals surface area contributed by atoms with Gasteiger partial charge in [0.1, 0.15) is 5.60 Å². The van der Waals surface area contributed by atoms with Gasteiger partial charge < -0.3 is 14.8 Å². The summed E-state index contributed by atoms with van der Waals surface area (Å²) in [5.41, 5.74) is -0.0678. The molecular formula is C9H14BNO4S. The van der Waals surface area contributed by atoms with Crippen LogP contribution in [-0.4, -0.2) is 28.9 Å². The number of carbonyl (C=O) groups excluding carboxylic acids is 1. The molecule has 3 N–H and O–H groups in total. The Morgan fingerprint density at radius 2 is 2.12 bits per heavy atom. The molecule has 1 heterocycles. The van der Waals surface area contributed by atoms with Crippen molar-refractivity contribution in [2.75, 3.05) is 5.32 Å². The second kappa shape index (κ2) is 4.86. The van der Waals surface area contributed by atoms with E-state index >= 15 is 0 Å². The monoisotopic (exact) mass is 243 g/mol. The smallest absolute Gasteiger partial charge is 0.444 e. The highest BCUT2D eigenvalue weighted by molar-refractivity contribution is 7.20. The Morgan fingerprint density at radius 3 is 2.56 bits per heavy atom. The molecule has 0 aromatic carbocycles. The van der Waals surface area contributed by atoms with Gasteiger partial charge in [-0.2, -0.15) is 11.3 Å². The first-order valence-corrected chi connectivity index (χ1v) is 5.60. The van der Waals surface area contributed by atoms with Crippen molar-refractivity contribution in [2.24, 2.45) is 0 Å². The Morgan fingerprint density at radius 1 is 1.50 bits per heavy atom. The van der Waals surface area contributed by atoms with E-state index in [4.69, 9.17) is 14.8 Å². The number of carbonyl (C=O) groups is 1. The molecule has 7 heteroatoms. The number of thiophene rings is 1. The molecule has 0 aliphatic heterocycles. The third-order valence-corrected chi connectivity index (χ3v) is 2.49. The van der Waals surface area contributed by atoms with Gasteiger partial charge in [0.05, 0.1) is 5.69 Å². The van der Waals surface area contributed by atoms with Crippen LogP contribution in [0.3, 0.4) is 0 Å². The molecule has 0 saturated heterocycles. The summed E-state index contributed by atoms with van der Waals surface area (Å²) in [7, 11) is -1.51. The van der Waals surface area contributed by atoms with Crippen LogP contribution in [0.15, 0.2) is 11.4 Å². The van der Waals surface area contributed by atoms with Crippen LogP contribution in [0.4, 0.5) is 10.5 Å². The zero-order chi connectivity index (χ0) is 12.3. The molecule has 0 radical (unpaired) electrons. The van der Waals surface area contributed by atoms with Crippen LogP contribution < -0.4 is 10.1 Å². The fourth-order valence-electron chi connectivity index (χ4n) is 0.975. The molecule has 1 rings (SSSR count). The molecule has 0 fully saturated rings. The number of ether oxygens (including phenoxy) is 1. The van der Waals surface area contributed by atoms with E-state index in [0.29, 0.717) is 10.5 Å². The minimum atomic E-state index is -1.51. The number of rotatable bonds is 2. The van der Waals surface area contributed by atoms with Gasteiger partial charge in [-0.25, -0.2) is 4.79 Å². The predicted molar refractivity (Wildman–Crippen MR) is 64.0 cm³/mol. The van der Waals surface area contributed by atoms with Crippen molar-refractivity contribution >= 4 is 35.0 Å². The minimum Gasteiger partial charge on any atom is -0.444 e. The van der Waals surface area contributed by atoms with E-state index in [-0.39, 0.29) is 0 Å². The van der Waals surface area contributed by atoms with Gasteiger partial charge in [-0.3, -0.25) is 5.32 Å². The zero-order valence-electron chi connectivity index (χ0n) is 9.35. The first-order chi connectivity index (χ1) is 7.28. The first-order valence-electron chi connectivity index (χ1n) is 4.72. The summed E-state index contributed by atoms with van der Waals surface area (Å²) in [4.78, 5) is 11.4. The Hall–Kier alpha value is -1.05. The van der Waals surface area contributed by atoms with Crippen molar-refractivity contribution in [3.05, 3.63) is 11.4 Å². The van der Waals surface area contributed by atoms with Gasteiger partial charge in [0.25, 0.3) is 0 Å². The highest BCUT2D eigenvalue weighted by atomic mass is 32.1. The van der Waals surface area contributed by atoms with E-state index in [9.17, 15) is 4.79 Å². The zero-order valence-corrected chi connectivity index (χ0v) is 10.2. The summed E-state index contributed by atoms with van der Waals surface area (Å²) in [6, 6.07) is 1.49. The van der Waals surface area contributed by atoms with Gasteiger partial charge in [-0.1, -0.05) is 0 Å². The fourth-order valence-corrected chi connectivity index (χ4v) is 1.68. The number of hydrogen-bond acceptors (Lipinski definition) is 5. The van der Waals surface area contributed by atoms with Crippen LogP contribution in [0, 0.1) is 0 Å². The molecule has 0 atom stereocenters. The van der Waals surface area contributed by atoms with E-state index in [1.165, 1.54) is 6.07 Å². The molecule has 0 spiro atoms. The Bertz CT molecular complexity index is 372. The van der Waals surface area contributed by atoms with E-state index in [1.807, 2.05) is 0 Å². The average molecular weight is 243 g/mol. The lowest BCUT2D eigenvalue weighted by molar-refractivity contribution is 0.0636. The van der Waals surface area contributed by atoms with E-state index < -0.39 is 18.8 Å². The highest BCUT2D eigenvalue weighted by Crippen LogP contribution is 2.13. The van der Waals surface area contributed by atoms with Gasteiger partial charge in [-0.15, -0.1) is 0 Å². The average Bonchev–Trinajstić information content (AvgIpc) is 2.48. The van der Waals surface area contributed by atoms with Crippen LogP contribution in [0.2, 0.25) is 0 Å². The van der Waals surface area contributed by atoms with Gasteiger partial charge in [-0.05, 0) is 26.8 Å². The maximum Gasteiger partial charge on any atom is 0.499 e. The molecule has 1 aromatic rings. The Balaban J connectivity index is 2.57.